The molecule has 0 spiro atoms. The van der Waals surface area contributed by atoms with E-state index in [0.29, 0.717) is 17.1 Å². The van der Waals surface area contributed by atoms with Gasteiger partial charge in [-0.05, 0) is 0 Å². The molecule has 0 bridgehead atoms. The van der Waals surface area contributed by atoms with Crippen LogP contribution in [0.4, 0.5) is 5.82 Å². The van der Waals surface area contributed by atoms with Crippen LogP contribution in [0.25, 0.3) is 11.3 Å². The molecule has 2 aromatic heterocycles. The fourth-order valence-corrected chi connectivity index (χ4v) is 1.23. The van der Waals surface area contributed by atoms with Gasteiger partial charge in [0, 0.05) is 31.6 Å². The lowest BCUT2D eigenvalue weighted by Crippen LogP contribution is -2.03. The molecule has 2 heterocycles. The van der Waals surface area contributed by atoms with Gasteiger partial charge in [0.25, 0.3) is 0 Å². The van der Waals surface area contributed by atoms with Crippen LogP contribution in [0.15, 0.2) is 29.3 Å². The maximum absolute atomic E-state index is 11.4. The summed E-state index contributed by atoms with van der Waals surface area (Å²) in [6.07, 6.45) is 3.20. The Bertz CT molecular complexity index is 492. The normalized spacial score (nSPS) is 10.4. The lowest BCUT2D eigenvalue weighted by Gasteiger charge is -1.92. The standard InChI is InChI=1S/C9H10N4O/c1-13-9(10)4-7(12-13)6-5-11-3-2-8(6)14/h2-5H,10H2,1H3,(H,11,14). The molecule has 0 saturated heterocycles. The highest BCUT2D eigenvalue weighted by Crippen LogP contribution is 2.14. The van der Waals surface area contributed by atoms with Crippen molar-refractivity contribution in [2.24, 2.45) is 7.05 Å². The number of anilines is 1. The van der Waals surface area contributed by atoms with Crippen molar-refractivity contribution in [1.29, 1.82) is 0 Å². The van der Waals surface area contributed by atoms with Gasteiger partial charge in [-0.1, -0.05) is 0 Å². The molecule has 0 saturated carbocycles. The number of nitrogen functional groups attached to an aromatic ring is 1. The zero-order valence-corrected chi connectivity index (χ0v) is 7.69. The second-order valence-corrected chi connectivity index (χ2v) is 3.00. The Morgan fingerprint density at radius 3 is 2.93 bits per heavy atom. The van der Waals surface area contributed by atoms with Gasteiger partial charge in [-0.2, -0.15) is 5.10 Å². The molecule has 0 amide bonds. The lowest BCUT2D eigenvalue weighted by molar-refractivity contribution is 0.782. The van der Waals surface area contributed by atoms with Crippen LogP contribution in [-0.4, -0.2) is 14.8 Å². The van der Waals surface area contributed by atoms with E-state index >= 15 is 0 Å². The van der Waals surface area contributed by atoms with Crippen LogP contribution in [0.3, 0.4) is 0 Å². The van der Waals surface area contributed by atoms with Gasteiger partial charge in [-0.15, -0.1) is 0 Å². The molecule has 0 atom stereocenters. The third kappa shape index (κ3) is 1.28. The third-order valence-electron chi connectivity index (χ3n) is 2.02. The molecule has 14 heavy (non-hydrogen) atoms. The zero-order valence-electron chi connectivity index (χ0n) is 7.69. The lowest BCUT2D eigenvalue weighted by atomic mass is 10.2. The Hall–Kier alpha value is -2.04. The average Bonchev–Trinajstić information content (AvgIpc) is 2.48. The van der Waals surface area contributed by atoms with E-state index in [-0.39, 0.29) is 5.43 Å². The van der Waals surface area contributed by atoms with Crippen LogP contribution in [0.1, 0.15) is 0 Å². The Kier molecular flexibility index (Phi) is 1.85. The maximum Gasteiger partial charge on any atom is 0.190 e. The largest absolute Gasteiger partial charge is 0.384 e. The van der Waals surface area contributed by atoms with Crippen molar-refractivity contribution < 1.29 is 0 Å². The van der Waals surface area contributed by atoms with Crippen molar-refractivity contribution in [3.63, 3.8) is 0 Å². The van der Waals surface area contributed by atoms with Crippen LogP contribution in [0, 0.1) is 0 Å². The summed E-state index contributed by atoms with van der Waals surface area (Å²) < 4.78 is 1.53. The molecule has 0 aliphatic carbocycles. The number of pyridine rings is 1. The van der Waals surface area contributed by atoms with Gasteiger partial charge in [-0.25, -0.2) is 0 Å². The third-order valence-corrected chi connectivity index (χ3v) is 2.02. The van der Waals surface area contributed by atoms with E-state index in [1.165, 1.54) is 10.7 Å². The van der Waals surface area contributed by atoms with Crippen LogP contribution in [-0.2, 0) is 7.05 Å². The fourth-order valence-electron chi connectivity index (χ4n) is 1.23. The summed E-state index contributed by atoms with van der Waals surface area (Å²) in [7, 11) is 1.73. The number of rotatable bonds is 1. The van der Waals surface area contributed by atoms with Crippen molar-refractivity contribution in [3.05, 3.63) is 34.7 Å². The molecule has 5 nitrogen and oxygen atoms in total. The minimum absolute atomic E-state index is 0.0677. The predicted octanol–water partition coefficient (Wildman–Crippen LogP) is 0.358. The van der Waals surface area contributed by atoms with Crippen LogP contribution >= 0.6 is 0 Å². The molecule has 2 rings (SSSR count). The summed E-state index contributed by atoms with van der Waals surface area (Å²) in [5.41, 5.74) is 6.67. The number of hydrogen-bond acceptors (Lipinski definition) is 3. The van der Waals surface area contributed by atoms with Crippen molar-refractivity contribution in [3.8, 4) is 11.3 Å². The Balaban J connectivity index is 2.61. The summed E-state index contributed by atoms with van der Waals surface area (Å²) in [5.74, 6) is 0.531. The number of nitrogens with one attached hydrogen (secondary N) is 1. The molecular formula is C9H10N4O. The van der Waals surface area contributed by atoms with Crippen LogP contribution in [0.2, 0.25) is 0 Å². The number of H-pyrrole nitrogens is 1. The van der Waals surface area contributed by atoms with Crippen molar-refractivity contribution >= 4 is 5.82 Å². The van der Waals surface area contributed by atoms with Crippen LogP contribution in [0.5, 0.6) is 0 Å². The highest BCUT2D eigenvalue weighted by atomic mass is 16.1. The van der Waals surface area contributed by atoms with E-state index < -0.39 is 0 Å². The number of nitrogens with zero attached hydrogens (tertiary/aromatic N) is 2. The van der Waals surface area contributed by atoms with Gasteiger partial charge in [0.2, 0.25) is 0 Å². The second kappa shape index (κ2) is 3.02. The monoisotopic (exact) mass is 190 g/mol. The molecular weight excluding hydrogens is 180 g/mol. The topological polar surface area (TPSA) is 76.7 Å². The smallest absolute Gasteiger partial charge is 0.190 e. The van der Waals surface area contributed by atoms with E-state index in [1.807, 2.05) is 0 Å². The van der Waals surface area contributed by atoms with Gasteiger partial charge in [0.05, 0.1) is 11.3 Å². The first-order valence-electron chi connectivity index (χ1n) is 4.15. The SMILES string of the molecule is Cn1nc(-c2c[nH]ccc2=O)cc1N. The molecule has 0 aliphatic heterocycles. The molecule has 5 heteroatoms. The average molecular weight is 190 g/mol. The quantitative estimate of drug-likeness (QED) is 0.681. The summed E-state index contributed by atoms with van der Waals surface area (Å²) >= 11 is 0. The summed E-state index contributed by atoms with van der Waals surface area (Å²) in [6, 6.07) is 3.13. The first-order chi connectivity index (χ1) is 6.68. The molecule has 0 fully saturated rings. The first-order valence-corrected chi connectivity index (χ1v) is 4.15. The summed E-state index contributed by atoms with van der Waals surface area (Å²) in [5, 5.41) is 4.11. The fraction of sp³-hybridized carbons (Fsp3) is 0.111. The van der Waals surface area contributed by atoms with Crippen molar-refractivity contribution in [2.45, 2.75) is 0 Å². The van der Waals surface area contributed by atoms with Gasteiger partial charge >= 0.3 is 0 Å². The predicted molar refractivity (Wildman–Crippen MR) is 53.7 cm³/mol. The number of aromatic amines is 1. The van der Waals surface area contributed by atoms with Crippen molar-refractivity contribution in [2.75, 3.05) is 5.73 Å². The van der Waals surface area contributed by atoms with Gasteiger partial charge < -0.3 is 10.7 Å². The van der Waals surface area contributed by atoms with E-state index in [0.717, 1.165) is 0 Å². The molecule has 72 valence electrons. The van der Waals surface area contributed by atoms with Crippen molar-refractivity contribution in [1.82, 2.24) is 14.8 Å². The van der Waals surface area contributed by atoms with E-state index in [2.05, 4.69) is 10.1 Å². The number of aryl methyl sites for hydroxylation is 1. The second-order valence-electron chi connectivity index (χ2n) is 3.00. The Labute approximate surface area is 80.2 Å². The van der Waals surface area contributed by atoms with Crippen LogP contribution < -0.4 is 11.2 Å². The number of aromatic nitrogens is 3. The molecule has 0 unspecified atom stereocenters. The summed E-state index contributed by atoms with van der Waals surface area (Å²) in [4.78, 5) is 14.3. The Morgan fingerprint density at radius 2 is 2.36 bits per heavy atom. The number of nitrogens with two attached hydrogens (primary N) is 1. The van der Waals surface area contributed by atoms with Gasteiger partial charge in [0.15, 0.2) is 5.43 Å². The van der Waals surface area contributed by atoms with E-state index in [1.54, 1.807) is 25.5 Å². The maximum atomic E-state index is 11.4. The molecule has 0 aromatic carbocycles. The van der Waals surface area contributed by atoms with Gasteiger partial charge in [-0.3, -0.25) is 9.48 Å². The minimum atomic E-state index is -0.0677. The molecule has 2 aromatic rings. The first kappa shape index (κ1) is 8.55. The van der Waals surface area contributed by atoms with E-state index in [9.17, 15) is 4.79 Å². The highest BCUT2D eigenvalue weighted by molar-refractivity contribution is 5.60. The summed E-state index contributed by atoms with van der Waals surface area (Å²) in [6.45, 7) is 0. The van der Waals surface area contributed by atoms with Gasteiger partial charge in [0.1, 0.15) is 5.82 Å². The Morgan fingerprint density at radius 1 is 1.57 bits per heavy atom. The van der Waals surface area contributed by atoms with E-state index in [4.69, 9.17) is 5.73 Å². The number of hydrogen-bond donors (Lipinski definition) is 2. The molecule has 3 N–H and O–H groups in total. The molecule has 0 radical (unpaired) electrons. The highest BCUT2D eigenvalue weighted by Gasteiger charge is 2.07. The minimum Gasteiger partial charge on any atom is -0.384 e. The zero-order chi connectivity index (χ0) is 10.1. The molecule has 0 aliphatic rings.